The van der Waals surface area contributed by atoms with Crippen molar-refractivity contribution < 1.29 is 14.6 Å². The molecular formula is C24H24N2O3S. The fraction of sp³-hybridized carbons (Fsp3) is 0.250. The van der Waals surface area contributed by atoms with Crippen molar-refractivity contribution in [2.45, 2.75) is 19.8 Å². The molecule has 0 saturated heterocycles. The van der Waals surface area contributed by atoms with Crippen molar-refractivity contribution in [3.05, 3.63) is 71.2 Å². The monoisotopic (exact) mass is 420 g/mol. The number of hydrogen-bond donors (Lipinski definition) is 1. The molecule has 2 aromatic carbocycles. The van der Waals surface area contributed by atoms with Crippen molar-refractivity contribution in [1.29, 1.82) is 0 Å². The van der Waals surface area contributed by atoms with Crippen molar-refractivity contribution in [3.63, 3.8) is 0 Å². The molecule has 0 spiro atoms. The highest BCUT2D eigenvalue weighted by Crippen LogP contribution is 2.27. The molecule has 1 amide bonds. The fourth-order valence-corrected chi connectivity index (χ4v) is 4.31. The van der Waals surface area contributed by atoms with Crippen LogP contribution in [-0.2, 0) is 11.2 Å². The van der Waals surface area contributed by atoms with Crippen molar-refractivity contribution >= 4 is 22.8 Å². The molecule has 0 radical (unpaired) electrons. The van der Waals surface area contributed by atoms with E-state index in [0.717, 1.165) is 34.0 Å². The molecular weight excluding hydrogens is 396 g/mol. The number of nitrogens with zero attached hydrogens (tertiary/aromatic N) is 2. The van der Waals surface area contributed by atoms with E-state index in [1.165, 1.54) is 5.57 Å². The van der Waals surface area contributed by atoms with E-state index < -0.39 is 0 Å². The Hall–Kier alpha value is -3.12. The van der Waals surface area contributed by atoms with E-state index >= 15 is 0 Å². The number of carbonyl (C=O) groups excluding carboxylic acids is 1. The summed E-state index contributed by atoms with van der Waals surface area (Å²) < 4.78 is 5.48. The maximum atomic E-state index is 12.7. The van der Waals surface area contributed by atoms with E-state index in [0.29, 0.717) is 26.1 Å². The molecule has 30 heavy (non-hydrogen) atoms. The average Bonchev–Trinajstić information content (AvgIpc) is 3.23. The molecule has 1 aliphatic heterocycles. The van der Waals surface area contributed by atoms with Crippen molar-refractivity contribution in [1.82, 2.24) is 9.88 Å². The number of aromatic hydroxyl groups is 1. The number of ether oxygens (including phenoxy) is 1. The SMILES string of the molecule is CCOc1ccc(-c2nc(CC(=O)N3CC=C(c4ccc(O)cc4)CC3)cs2)cc1. The fourth-order valence-electron chi connectivity index (χ4n) is 3.48. The summed E-state index contributed by atoms with van der Waals surface area (Å²) in [6.07, 6.45) is 3.22. The summed E-state index contributed by atoms with van der Waals surface area (Å²) in [6, 6.07) is 15.1. The van der Waals surface area contributed by atoms with Gasteiger partial charge in [0.2, 0.25) is 5.91 Å². The van der Waals surface area contributed by atoms with Gasteiger partial charge in [0.05, 0.1) is 18.7 Å². The first kappa shape index (κ1) is 20.2. The van der Waals surface area contributed by atoms with E-state index in [2.05, 4.69) is 11.1 Å². The van der Waals surface area contributed by atoms with Crippen LogP contribution in [0.5, 0.6) is 11.5 Å². The first-order valence-electron chi connectivity index (χ1n) is 10.1. The highest BCUT2D eigenvalue weighted by Gasteiger charge is 2.19. The van der Waals surface area contributed by atoms with Gasteiger partial charge in [0, 0.05) is 24.0 Å². The summed E-state index contributed by atoms with van der Waals surface area (Å²) in [5.74, 6) is 1.21. The average molecular weight is 421 g/mol. The molecule has 1 N–H and O–H groups in total. The first-order chi connectivity index (χ1) is 14.6. The number of rotatable bonds is 6. The third kappa shape index (κ3) is 4.71. The van der Waals surface area contributed by atoms with Gasteiger partial charge in [-0.15, -0.1) is 11.3 Å². The summed E-state index contributed by atoms with van der Waals surface area (Å²) in [7, 11) is 0. The maximum absolute atomic E-state index is 12.7. The van der Waals surface area contributed by atoms with E-state index in [1.807, 2.05) is 53.6 Å². The molecule has 0 saturated carbocycles. The molecule has 3 aromatic rings. The number of phenols is 1. The summed E-state index contributed by atoms with van der Waals surface area (Å²) in [6.45, 7) is 3.90. The molecule has 2 heterocycles. The second-order valence-electron chi connectivity index (χ2n) is 7.14. The molecule has 0 atom stereocenters. The minimum Gasteiger partial charge on any atom is -0.508 e. The summed E-state index contributed by atoms with van der Waals surface area (Å²) in [5, 5.41) is 12.3. The Balaban J connectivity index is 1.36. The van der Waals surface area contributed by atoms with E-state index in [1.54, 1.807) is 23.5 Å². The zero-order valence-electron chi connectivity index (χ0n) is 16.9. The van der Waals surface area contributed by atoms with Crippen LogP contribution in [-0.4, -0.2) is 40.6 Å². The van der Waals surface area contributed by atoms with Crippen molar-refractivity contribution in [2.75, 3.05) is 19.7 Å². The molecule has 0 aliphatic carbocycles. The highest BCUT2D eigenvalue weighted by atomic mass is 32.1. The molecule has 4 rings (SSSR count). The van der Waals surface area contributed by atoms with Crippen LogP contribution in [0.1, 0.15) is 24.6 Å². The third-order valence-corrected chi connectivity index (χ3v) is 6.04. The molecule has 0 bridgehead atoms. The topological polar surface area (TPSA) is 62.7 Å². The minimum absolute atomic E-state index is 0.0968. The molecule has 0 fully saturated rings. The lowest BCUT2D eigenvalue weighted by Gasteiger charge is -2.26. The summed E-state index contributed by atoms with van der Waals surface area (Å²) in [4.78, 5) is 19.3. The highest BCUT2D eigenvalue weighted by molar-refractivity contribution is 7.13. The van der Waals surface area contributed by atoms with Gasteiger partial charge < -0.3 is 14.7 Å². The lowest BCUT2D eigenvalue weighted by atomic mass is 9.99. The number of amides is 1. The van der Waals surface area contributed by atoms with E-state index in [9.17, 15) is 9.90 Å². The summed E-state index contributed by atoms with van der Waals surface area (Å²) in [5.41, 5.74) is 4.15. The second-order valence-corrected chi connectivity index (χ2v) is 8.00. The van der Waals surface area contributed by atoms with Gasteiger partial charge in [0.15, 0.2) is 0 Å². The van der Waals surface area contributed by atoms with Gasteiger partial charge in [-0.2, -0.15) is 0 Å². The zero-order valence-corrected chi connectivity index (χ0v) is 17.7. The number of benzene rings is 2. The van der Waals surface area contributed by atoms with Crippen LogP contribution in [0.2, 0.25) is 0 Å². The van der Waals surface area contributed by atoms with Crippen LogP contribution in [0.25, 0.3) is 16.1 Å². The zero-order chi connectivity index (χ0) is 20.9. The minimum atomic E-state index is 0.0968. The number of aromatic nitrogens is 1. The van der Waals surface area contributed by atoms with Gasteiger partial charge >= 0.3 is 0 Å². The molecule has 154 valence electrons. The Kier molecular flexibility index (Phi) is 6.14. The first-order valence-corrected chi connectivity index (χ1v) is 10.9. The number of hydrogen-bond acceptors (Lipinski definition) is 5. The van der Waals surface area contributed by atoms with Crippen LogP contribution in [0.4, 0.5) is 0 Å². The number of carbonyl (C=O) groups is 1. The van der Waals surface area contributed by atoms with Crippen LogP contribution in [0.3, 0.4) is 0 Å². The normalized spacial score (nSPS) is 13.8. The Morgan fingerprint density at radius 2 is 1.87 bits per heavy atom. The second kappa shape index (κ2) is 9.13. The predicted molar refractivity (Wildman–Crippen MR) is 120 cm³/mol. The quantitative estimate of drug-likeness (QED) is 0.624. The number of phenolic OH excluding ortho intramolecular Hbond substituents is 1. The number of thiazole rings is 1. The summed E-state index contributed by atoms with van der Waals surface area (Å²) >= 11 is 1.55. The third-order valence-electron chi connectivity index (χ3n) is 5.10. The maximum Gasteiger partial charge on any atom is 0.228 e. The largest absolute Gasteiger partial charge is 0.508 e. The molecule has 6 heteroatoms. The van der Waals surface area contributed by atoms with Gasteiger partial charge in [-0.25, -0.2) is 4.98 Å². The Labute approximate surface area is 180 Å². The van der Waals surface area contributed by atoms with Crippen LogP contribution in [0.15, 0.2) is 60.0 Å². The van der Waals surface area contributed by atoms with Gasteiger partial charge in [0.1, 0.15) is 16.5 Å². The van der Waals surface area contributed by atoms with Gasteiger partial charge in [-0.05, 0) is 60.9 Å². The molecule has 1 aliphatic rings. The smallest absolute Gasteiger partial charge is 0.228 e. The molecule has 1 aromatic heterocycles. The van der Waals surface area contributed by atoms with Crippen molar-refractivity contribution in [3.8, 4) is 22.1 Å². The Morgan fingerprint density at radius 1 is 1.13 bits per heavy atom. The van der Waals surface area contributed by atoms with E-state index in [4.69, 9.17) is 4.74 Å². The Bertz CT molecular complexity index is 1040. The van der Waals surface area contributed by atoms with Crippen molar-refractivity contribution in [2.24, 2.45) is 0 Å². The van der Waals surface area contributed by atoms with Gasteiger partial charge in [-0.3, -0.25) is 4.79 Å². The molecule has 5 nitrogen and oxygen atoms in total. The lowest BCUT2D eigenvalue weighted by molar-refractivity contribution is -0.130. The van der Waals surface area contributed by atoms with Gasteiger partial charge in [0.25, 0.3) is 0 Å². The standard InChI is InChI=1S/C24H24N2O3S/c1-2-29-22-9-5-19(6-10-22)24-25-20(16-30-24)15-23(28)26-13-11-18(12-14-26)17-3-7-21(27)8-4-17/h3-11,16,27H,2,12-15H2,1H3. The lowest BCUT2D eigenvalue weighted by Crippen LogP contribution is -2.35. The Morgan fingerprint density at radius 3 is 2.53 bits per heavy atom. The van der Waals surface area contributed by atoms with Crippen LogP contribution in [0, 0.1) is 0 Å². The van der Waals surface area contributed by atoms with Crippen LogP contribution >= 0.6 is 11.3 Å². The molecule has 0 unspecified atom stereocenters. The predicted octanol–water partition coefficient (Wildman–Crippen LogP) is 4.77. The van der Waals surface area contributed by atoms with E-state index in [-0.39, 0.29) is 11.7 Å². The van der Waals surface area contributed by atoms with Gasteiger partial charge in [-0.1, -0.05) is 18.2 Å². The van der Waals surface area contributed by atoms with Crippen LogP contribution < -0.4 is 4.74 Å².